The molecular formula is C13H30N4O2S. The molecule has 0 heterocycles. The number of nitrogens with zero attached hydrogens (tertiary/aromatic N) is 1. The number of unbranched alkanes of at least 4 members (excludes halogenated alkanes) is 1. The van der Waals surface area contributed by atoms with Crippen LogP contribution in [0.4, 0.5) is 0 Å². The number of nitrogens with one attached hydrogen (secondary N) is 2. The molecule has 20 heavy (non-hydrogen) atoms. The van der Waals surface area contributed by atoms with E-state index >= 15 is 0 Å². The van der Waals surface area contributed by atoms with Gasteiger partial charge in [0, 0.05) is 19.6 Å². The minimum atomic E-state index is -3.43. The molecule has 0 fully saturated rings. The molecule has 0 aliphatic rings. The van der Waals surface area contributed by atoms with Gasteiger partial charge in [-0.3, -0.25) is 4.99 Å². The van der Waals surface area contributed by atoms with Crippen LogP contribution >= 0.6 is 0 Å². The van der Waals surface area contributed by atoms with Gasteiger partial charge in [0.1, 0.15) is 0 Å². The van der Waals surface area contributed by atoms with E-state index in [1.54, 1.807) is 0 Å². The molecule has 0 bridgehead atoms. The summed E-state index contributed by atoms with van der Waals surface area (Å²) >= 11 is 0. The van der Waals surface area contributed by atoms with Gasteiger partial charge in [-0.05, 0) is 19.3 Å². The minimum Gasteiger partial charge on any atom is -0.357 e. The summed E-state index contributed by atoms with van der Waals surface area (Å²) in [6.45, 7) is 8.13. The lowest BCUT2D eigenvalue weighted by atomic mass is 10.00. The number of guanidine groups is 1. The first-order valence-corrected chi connectivity index (χ1v) is 9.17. The van der Waals surface area contributed by atoms with Gasteiger partial charge in [-0.25, -0.2) is 13.6 Å². The SMILES string of the molecule is CCCCC(CC)CN=C(NCC)NCCS(N)(=O)=O. The van der Waals surface area contributed by atoms with E-state index in [2.05, 4.69) is 29.5 Å². The standard InChI is InChI=1S/C13H30N4O2S/c1-4-7-8-12(5-2)11-17-13(15-6-3)16-9-10-20(14,18)19/h12H,4-11H2,1-3H3,(H2,14,18,19)(H2,15,16,17). The Kier molecular flexibility index (Phi) is 10.5. The minimum absolute atomic E-state index is 0.0928. The molecule has 1 atom stereocenters. The van der Waals surface area contributed by atoms with Crippen molar-refractivity contribution in [3.8, 4) is 0 Å². The molecule has 1 unspecified atom stereocenters. The van der Waals surface area contributed by atoms with Crippen LogP contribution in [0.25, 0.3) is 0 Å². The third-order valence-corrected chi connectivity index (χ3v) is 3.85. The topological polar surface area (TPSA) is 96.6 Å². The molecule has 120 valence electrons. The molecule has 0 rings (SSSR count). The van der Waals surface area contributed by atoms with Crippen LogP contribution in [-0.4, -0.2) is 39.8 Å². The van der Waals surface area contributed by atoms with E-state index in [-0.39, 0.29) is 12.3 Å². The van der Waals surface area contributed by atoms with E-state index in [0.717, 1.165) is 19.5 Å². The molecule has 0 aromatic heterocycles. The second kappa shape index (κ2) is 10.9. The van der Waals surface area contributed by atoms with Crippen molar-refractivity contribution in [3.63, 3.8) is 0 Å². The quantitative estimate of drug-likeness (QED) is 0.415. The molecule has 0 radical (unpaired) electrons. The van der Waals surface area contributed by atoms with Gasteiger partial charge >= 0.3 is 0 Å². The highest BCUT2D eigenvalue weighted by Gasteiger charge is 2.07. The van der Waals surface area contributed by atoms with Gasteiger partial charge in [0.15, 0.2) is 5.96 Å². The average molecular weight is 306 g/mol. The van der Waals surface area contributed by atoms with Crippen molar-refractivity contribution in [3.05, 3.63) is 0 Å². The molecule has 7 heteroatoms. The highest BCUT2D eigenvalue weighted by atomic mass is 32.2. The molecule has 0 aromatic carbocycles. The Bertz CT molecular complexity index is 369. The van der Waals surface area contributed by atoms with Crippen molar-refractivity contribution in [2.75, 3.05) is 25.4 Å². The number of hydrogen-bond acceptors (Lipinski definition) is 3. The molecule has 0 saturated heterocycles. The van der Waals surface area contributed by atoms with Crippen LogP contribution in [0.1, 0.15) is 46.5 Å². The van der Waals surface area contributed by atoms with E-state index < -0.39 is 10.0 Å². The summed E-state index contributed by atoms with van der Waals surface area (Å²) in [7, 11) is -3.43. The third-order valence-electron chi connectivity index (χ3n) is 3.07. The summed E-state index contributed by atoms with van der Waals surface area (Å²) in [6.07, 6.45) is 4.73. The van der Waals surface area contributed by atoms with Crippen LogP contribution in [0.2, 0.25) is 0 Å². The Hall–Kier alpha value is -0.820. The summed E-state index contributed by atoms with van der Waals surface area (Å²) in [5.41, 5.74) is 0. The number of rotatable bonds is 10. The first kappa shape index (κ1) is 19.2. The Labute approximate surface area is 123 Å². The van der Waals surface area contributed by atoms with Crippen LogP contribution in [-0.2, 0) is 10.0 Å². The predicted molar refractivity (Wildman–Crippen MR) is 85.3 cm³/mol. The van der Waals surface area contributed by atoms with Gasteiger partial charge < -0.3 is 10.6 Å². The largest absolute Gasteiger partial charge is 0.357 e. The smallest absolute Gasteiger partial charge is 0.210 e. The molecule has 0 spiro atoms. The van der Waals surface area contributed by atoms with Crippen molar-refractivity contribution in [1.29, 1.82) is 0 Å². The number of sulfonamides is 1. The van der Waals surface area contributed by atoms with Crippen LogP contribution in [0.5, 0.6) is 0 Å². The van der Waals surface area contributed by atoms with Crippen molar-refractivity contribution >= 4 is 16.0 Å². The fourth-order valence-corrected chi connectivity index (χ4v) is 2.18. The normalized spacial score (nSPS) is 14.1. The van der Waals surface area contributed by atoms with Gasteiger partial charge in [-0.2, -0.15) is 0 Å². The average Bonchev–Trinajstić information content (AvgIpc) is 2.37. The molecule has 0 amide bonds. The zero-order chi connectivity index (χ0) is 15.4. The second-order valence-corrected chi connectivity index (χ2v) is 6.66. The molecule has 6 nitrogen and oxygen atoms in total. The maximum absolute atomic E-state index is 10.9. The van der Waals surface area contributed by atoms with Gasteiger partial charge in [-0.15, -0.1) is 0 Å². The zero-order valence-corrected chi connectivity index (χ0v) is 13.8. The van der Waals surface area contributed by atoms with Crippen molar-refractivity contribution in [2.24, 2.45) is 16.0 Å². The van der Waals surface area contributed by atoms with Crippen LogP contribution in [0.15, 0.2) is 4.99 Å². The Morgan fingerprint density at radius 3 is 2.45 bits per heavy atom. The maximum atomic E-state index is 10.9. The Morgan fingerprint density at radius 1 is 1.25 bits per heavy atom. The lowest BCUT2D eigenvalue weighted by Crippen LogP contribution is -2.40. The van der Waals surface area contributed by atoms with Gasteiger partial charge in [0.25, 0.3) is 0 Å². The zero-order valence-electron chi connectivity index (χ0n) is 13.0. The van der Waals surface area contributed by atoms with Gasteiger partial charge in [0.05, 0.1) is 5.75 Å². The number of aliphatic imine (C=N–C) groups is 1. The van der Waals surface area contributed by atoms with Gasteiger partial charge in [0.2, 0.25) is 10.0 Å². The molecular weight excluding hydrogens is 276 g/mol. The first-order valence-electron chi connectivity index (χ1n) is 7.45. The monoisotopic (exact) mass is 306 g/mol. The fraction of sp³-hybridized carbons (Fsp3) is 0.923. The van der Waals surface area contributed by atoms with Crippen LogP contribution < -0.4 is 15.8 Å². The highest BCUT2D eigenvalue weighted by Crippen LogP contribution is 2.12. The van der Waals surface area contributed by atoms with Crippen molar-refractivity contribution in [1.82, 2.24) is 10.6 Å². The lowest BCUT2D eigenvalue weighted by Gasteiger charge is -2.14. The van der Waals surface area contributed by atoms with E-state index in [1.165, 1.54) is 19.3 Å². The molecule has 0 aliphatic heterocycles. The molecule has 4 N–H and O–H groups in total. The summed E-state index contributed by atoms with van der Waals surface area (Å²) in [5.74, 6) is 1.15. The lowest BCUT2D eigenvalue weighted by molar-refractivity contribution is 0.461. The second-order valence-electron chi connectivity index (χ2n) is 4.93. The van der Waals surface area contributed by atoms with Crippen molar-refractivity contribution in [2.45, 2.75) is 46.5 Å². The van der Waals surface area contributed by atoms with Gasteiger partial charge in [-0.1, -0.05) is 33.1 Å². The number of nitrogens with two attached hydrogens (primary N) is 1. The predicted octanol–water partition coefficient (Wildman–Crippen LogP) is 1.05. The summed E-state index contributed by atoms with van der Waals surface area (Å²) in [5, 5.41) is 11.1. The Balaban J connectivity index is 4.29. The molecule has 0 aliphatic carbocycles. The van der Waals surface area contributed by atoms with E-state index in [9.17, 15) is 8.42 Å². The summed E-state index contributed by atoms with van der Waals surface area (Å²) in [4.78, 5) is 4.52. The Morgan fingerprint density at radius 2 is 1.95 bits per heavy atom. The highest BCUT2D eigenvalue weighted by molar-refractivity contribution is 7.89. The maximum Gasteiger partial charge on any atom is 0.210 e. The van der Waals surface area contributed by atoms with Crippen LogP contribution in [0, 0.1) is 5.92 Å². The molecule has 0 aromatic rings. The first-order chi connectivity index (χ1) is 9.42. The van der Waals surface area contributed by atoms with E-state index in [4.69, 9.17) is 5.14 Å². The summed E-state index contributed by atoms with van der Waals surface area (Å²) < 4.78 is 21.8. The van der Waals surface area contributed by atoms with E-state index in [0.29, 0.717) is 11.9 Å². The van der Waals surface area contributed by atoms with Crippen LogP contribution in [0.3, 0.4) is 0 Å². The molecule has 0 saturated carbocycles. The van der Waals surface area contributed by atoms with Crippen molar-refractivity contribution < 1.29 is 8.42 Å². The third kappa shape index (κ3) is 11.0. The fourth-order valence-electron chi connectivity index (χ4n) is 1.79. The number of primary sulfonamides is 1. The number of hydrogen-bond donors (Lipinski definition) is 3. The van der Waals surface area contributed by atoms with E-state index in [1.807, 2.05) is 6.92 Å². The summed E-state index contributed by atoms with van der Waals surface area (Å²) in [6, 6.07) is 0.